The van der Waals surface area contributed by atoms with Crippen molar-refractivity contribution in [2.75, 3.05) is 24.3 Å². The fourth-order valence-electron chi connectivity index (χ4n) is 2.42. The van der Waals surface area contributed by atoms with Crippen molar-refractivity contribution in [2.45, 2.75) is 19.9 Å². The molecular formula is C19H23N3O3. The number of ether oxygens (including phenoxy) is 1. The van der Waals surface area contributed by atoms with Crippen LogP contribution < -0.4 is 20.7 Å². The second-order valence-corrected chi connectivity index (χ2v) is 5.65. The number of carbonyl (C=O) groups is 2. The van der Waals surface area contributed by atoms with E-state index < -0.39 is 0 Å². The van der Waals surface area contributed by atoms with Gasteiger partial charge in [-0.2, -0.15) is 0 Å². The van der Waals surface area contributed by atoms with E-state index in [1.165, 1.54) is 6.92 Å². The Morgan fingerprint density at radius 2 is 1.84 bits per heavy atom. The lowest BCUT2D eigenvalue weighted by Gasteiger charge is -2.16. The summed E-state index contributed by atoms with van der Waals surface area (Å²) in [6.07, 6.45) is 0. The second kappa shape index (κ2) is 8.73. The number of hydrogen-bond donors (Lipinski definition) is 3. The predicted octanol–water partition coefficient (Wildman–Crippen LogP) is 2.94. The molecule has 0 bridgehead atoms. The number of amides is 2. The van der Waals surface area contributed by atoms with Crippen molar-refractivity contribution in [3.05, 3.63) is 54.1 Å². The highest BCUT2D eigenvalue weighted by atomic mass is 16.5. The van der Waals surface area contributed by atoms with Gasteiger partial charge in [-0.15, -0.1) is 0 Å². The summed E-state index contributed by atoms with van der Waals surface area (Å²) in [5, 5.41) is 8.69. The monoisotopic (exact) mass is 341 g/mol. The molecule has 0 aliphatic rings. The molecule has 132 valence electrons. The van der Waals surface area contributed by atoms with Crippen LogP contribution in [0.25, 0.3) is 0 Å². The third kappa shape index (κ3) is 5.53. The maximum Gasteiger partial charge on any atom is 0.239 e. The fraction of sp³-hybridized carbons (Fsp3) is 0.263. The summed E-state index contributed by atoms with van der Waals surface area (Å²) in [4.78, 5) is 23.4. The Bertz CT molecular complexity index is 732. The van der Waals surface area contributed by atoms with E-state index in [2.05, 4.69) is 16.0 Å². The van der Waals surface area contributed by atoms with Crippen LogP contribution in [-0.4, -0.2) is 25.5 Å². The van der Waals surface area contributed by atoms with Gasteiger partial charge in [0.15, 0.2) is 0 Å². The summed E-state index contributed by atoms with van der Waals surface area (Å²) in [5.41, 5.74) is 2.31. The lowest BCUT2D eigenvalue weighted by molar-refractivity contribution is -0.120. The lowest BCUT2D eigenvalue weighted by atomic mass is 10.1. The van der Waals surface area contributed by atoms with Crippen LogP contribution >= 0.6 is 0 Å². The van der Waals surface area contributed by atoms with E-state index in [4.69, 9.17) is 4.74 Å². The fourth-order valence-corrected chi connectivity index (χ4v) is 2.42. The summed E-state index contributed by atoms with van der Waals surface area (Å²) in [6, 6.07) is 14.9. The summed E-state index contributed by atoms with van der Waals surface area (Å²) >= 11 is 0. The molecular weight excluding hydrogens is 318 g/mol. The van der Waals surface area contributed by atoms with Crippen LogP contribution in [0.1, 0.15) is 25.5 Å². The quantitative estimate of drug-likeness (QED) is 0.723. The Hall–Kier alpha value is -3.02. The molecule has 0 aliphatic heterocycles. The molecule has 3 N–H and O–H groups in total. The van der Waals surface area contributed by atoms with E-state index in [1.54, 1.807) is 25.3 Å². The molecule has 0 fully saturated rings. The molecule has 0 saturated carbocycles. The van der Waals surface area contributed by atoms with Gasteiger partial charge in [-0.25, -0.2) is 0 Å². The maximum absolute atomic E-state index is 12.2. The predicted molar refractivity (Wildman–Crippen MR) is 98.8 cm³/mol. The van der Waals surface area contributed by atoms with Crippen molar-refractivity contribution < 1.29 is 14.3 Å². The van der Waals surface area contributed by atoms with Crippen LogP contribution in [-0.2, 0) is 9.59 Å². The van der Waals surface area contributed by atoms with E-state index in [1.807, 2.05) is 37.3 Å². The van der Waals surface area contributed by atoms with Gasteiger partial charge < -0.3 is 20.7 Å². The highest BCUT2D eigenvalue weighted by molar-refractivity contribution is 5.90. The number of nitrogens with one attached hydrogen (secondary N) is 3. The first-order chi connectivity index (χ1) is 12.0. The summed E-state index contributed by atoms with van der Waals surface area (Å²) in [5.74, 6) is 0.298. The smallest absolute Gasteiger partial charge is 0.239 e. The van der Waals surface area contributed by atoms with Crippen LogP contribution in [0.15, 0.2) is 48.5 Å². The van der Waals surface area contributed by atoms with Gasteiger partial charge in [0.1, 0.15) is 5.75 Å². The molecule has 2 rings (SSSR count). The minimum atomic E-state index is -0.162. The molecule has 0 spiro atoms. The summed E-state index contributed by atoms with van der Waals surface area (Å²) in [7, 11) is 1.55. The second-order valence-electron chi connectivity index (χ2n) is 5.65. The molecule has 25 heavy (non-hydrogen) atoms. The Morgan fingerprint density at radius 3 is 2.48 bits per heavy atom. The molecule has 2 aromatic carbocycles. The van der Waals surface area contributed by atoms with Gasteiger partial charge in [-0.1, -0.05) is 30.3 Å². The molecule has 0 aliphatic carbocycles. The average Bonchev–Trinajstić information content (AvgIpc) is 2.60. The molecule has 0 radical (unpaired) electrons. The van der Waals surface area contributed by atoms with Crippen LogP contribution in [0, 0.1) is 0 Å². The van der Waals surface area contributed by atoms with Crippen molar-refractivity contribution in [1.29, 1.82) is 0 Å². The van der Waals surface area contributed by atoms with Gasteiger partial charge in [-0.05, 0) is 30.7 Å². The SMILES string of the molecule is COc1ccc(NC(C)=O)cc1NCC(=O)NC(C)c1ccccc1. The molecule has 2 aromatic rings. The minimum absolute atomic E-state index is 0.0805. The molecule has 6 heteroatoms. The zero-order valence-corrected chi connectivity index (χ0v) is 14.6. The molecule has 6 nitrogen and oxygen atoms in total. The highest BCUT2D eigenvalue weighted by Crippen LogP contribution is 2.27. The van der Waals surface area contributed by atoms with Crippen LogP contribution in [0.5, 0.6) is 5.75 Å². The minimum Gasteiger partial charge on any atom is -0.495 e. The summed E-state index contributed by atoms with van der Waals surface area (Å²) in [6.45, 7) is 3.47. The molecule has 2 amide bonds. The molecule has 0 heterocycles. The third-order valence-electron chi connectivity index (χ3n) is 3.64. The topological polar surface area (TPSA) is 79.5 Å². The number of rotatable bonds is 7. The molecule has 1 atom stereocenters. The van der Waals surface area contributed by atoms with E-state index in [0.717, 1.165) is 5.56 Å². The maximum atomic E-state index is 12.2. The standard InChI is InChI=1S/C19H23N3O3/c1-13(15-7-5-4-6-8-15)21-19(24)12-20-17-11-16(22-14(2)23)9-10-18(17)25-3/h4-11,13,20H,12H2,1-3H3,(H,21,24)(H,22,23). The lowest BCUT2D eigenvalue weighted by Crippen LogP contribution is -2.32. The molecule has 1 unspecified atom stereocenters. The first-order valence-electron chi connectivity index (χ1n) is 8.03. The average molecular weight is 341 g/mol. The Labute approximate surface area is 147 Å². The van der Waals surface area contributed by atoms with Crippen molar-refractivity contribution in [3.8, 4) is 5.75 Å². The van der Waals surface area contributed by atoms with Crippen molar-refractivity contribution >= 4 is 23.2 Å². The number of benzene rings is 2. The van der Waals surface area contributed by atoms with E-state index >= 15 is 0 Å². The van der Waals surface area contributed by atoms with Crippen molar-refractivity contribution in [3.63, 3.8) is 0 Å². The zero-order chi connectivity index (χ0) is 18.2. The number of methoxy groups -OCH3 is 1. The highest BCUT2D eigenvalue weighted by Gasteiger charge is 2.11. The molecule has 0 aromatic heterocycles. The largest absolute Gasteiger partial charge is 0.495 e. The van der Waals surface area contributed by atoms with Gasteiger partial charge in [0, 0.05) is 12.6 Å². The number of anilines is 2. The van der Waals surface area contributed by atoms with Crippen LogP contribution in [0.2, 0.25) is 0 Å². The Kier molecular flexibility index (Phi) is 6.39. The van der Waals surface area contributed by atoms with Gasteiger partial charge in [-0.3, -0.25) is 9.59 Å². The van der Waals surface area contributed by atoms with Gasteiger partial charge in [0.05, 0.1) is 25.4 Å². The van der Waals surface area contributed by atoms with Gasteiger partial charge in [0.25, 0.3) is 0 Å². The zero-order valence-electron chi connectivity index (χ0n) is 14.6. The summed E-state index contributed by atoms with van der Waals surface area (Å²) < 4.78 is 5.28. The first kappa shape index (κ1) is 18.3. The van der Waals surface area contributed by atoms with Gasteiger partial charge >= 0.3 is 0 Å². The van der Waals surface area contributed by atoms with Gasteiger partial charge in [0.2, 0.25) is 11.8 Å². The number of carbonyl (C=O) groups excluding carboxylic acids is 2. The Balaban J connectivity index is 1.97. The van der Waals surface area contributed by atoms with Crippen LogP contribution in [0.4, 0.5) is 11.4 Å². The van der Waals surface area contributed by atoms with Crippen molar-refractivity contribution in [1.82, 2.24) is 5.32 Å². The number of hydrogen-bond acceptors (Lipinski definition) is 4. The Morgan fingerprint density at radius 1 is 1.12 bits per heavy atom. The molecule has 0 saturated heterocycles. The first-order valence-corrected chi connectivity index (χ1v) is 8.03. The third-order valence-corrected chi connectivity index (χ3v) is 3.64. The van der Waals surface area contributed by atoms with Crippen LogP contribution in [0.3, 0.4) is 0 Å². The van der Waals surface area contributed by atoms with E-state index in [0.29, 0.717) is 17.1 Å². The van der Waals surface area contributed by atoms with E-state index in [-0.39, 0.29) is 24.4 Å². The normalized spacial score (nSPS) is 11.3. The van der Waals surface area contributed by atoms with Crippen molar-refractivity contribution in [2.24, 2.45) is 0 Å². The van der Waals surface area contributed by atoms with E-state index in [9.17, 15) is 9.59 Å².